The van der Waals surface area contributed by atoms with Gasteiger partial charge < -0.3 is 9.84 Å². The van der Waals surface area contributed by atoms with Crippen LogP contribution in [0.1, 0.15) is 22.2 Å². The fourth-order valence-electron chi connectivity index (χ4n) is 1.71. The normalized spacial score (nSPS) is 13.2. The summed E-state index contributed by atoms with van der Waals surface area (Å²) < 4.78 is 30.2. The zero-order chi connectivity index (χ0) is 16.4. The number of thiophene rings is 1. The van der Waals surface area contributed by atoms with Crippen molar-refractivity contribution in [3.63, 3.8) is 0 Å². The number of nitrogens with zero attached hydrogens (tertiary/aromatic N) is 1. The van der Waals surface area contributed by atoms with Crippen LogP contribution in [0.2, 0.25) is 0 Å². The third kappa shape index (κ3) is 3.80. The van der Waals surface area contributed by atoms with E-state index in [4.69, 9.17) is 5.11 Å². The molecular weight excluding hydrogens is 318 g/mol. The van der Waals surface area contributed by atoms with Gasteiger partial charge in [-0.2, -0.15) is 4.31 Å². The molecule has 1 aromatic rings. The molecule has 1 rings (SSSR count). The topological polar surface area (TPSA) is 101 Å². The number of hydrogen-bond donors (Lipinski definition) is 1. The summed E-state index contributed by atoms with van der Waals surface area (Å²) in [5.74, 6) is -2.29. The van der Waals surface area contributed by atoms with E-state index >= 15 is 0 Å². The number of rotatable bonds is 6. The van der Waals surface area contributed by atoms with Crippen LogP contribution in [0, 0.1) is 12.8 Å². The van der Waals surface area contributed by atoms with Gasteiger partial charge in [-0.3, -0.25) is 4.79 Å². The van der Waals surface area contributed by atoms with Crippen LogP contribution in [-0.2, 0) is 19.6 Å². The van der Waals surface area contributed by atoms with E-state index in [1.807, 2.05) is 0 Å². The molecule has 0 amide bonds. The van der Waals surface area contributed by atoms with Crippen LogP contribution >= 0.6 is 11.3 Å². The van der Waals surface area contributed by atoms with Crippen molar-refractivity contribution < 1.29 is 27.9 Å². The molecule has 1 unspecified atom stereocenters. The summed E-state index contributed by atoms with van der Waals surface area (Å²) in [6.07, 6.45) is 0. The Morgan fingerprint density at radius 2 is 2.05 bits per heavy atom. The second kappa shape index (κ2) is 6.54. The summed E-state index contributed by atoms with van der Waals surface area (Å²) in [5, 5.41) is 8.97. The summed E-state index contributed by atoms with van der Waals surface area (Å²) in [5.41, 5.74) is 0.389. The maximum absolute atomic E-state index is 12.4. The van der Waals surface area contributed by atoms with E-state index in [1.54, 1.807) is 6.92 Å². The second-order valence-corrected chi connectivity index (χ2v) is 7.92. The number of carbonyl (C=O) groups is 2. The van der Waals surface area contributed by atoms with Crippen LogP contribution in [-0.4, -0.2) is 50.5 Å². The highest BCUT2D eigenvalue weighted by atomic mass is 32.2. The van der Waals surface area contributed by atoms with E-state index < -0.39 is 27.9 Å². The fourth-order valence-corrected chi connectivity index (χ4v) is 4.56. The quantitative estimate of drug-likeness (QED) is 0.784. The molecule has 0 saturated heterocycles. The maximum atomic E-state index is 12.4. The van der Waals surface area contributed by atoms with Gasteiger partial charge in [0.1, 0.15) is 9.09 Å². The number of sulfonamides is 1. The van der Waals surface area contributed by atoms with E-state index in [0.717, 1.165) is 4.31 Å². The lowest BCUT2D eigenvalue weighted by Crippen LogP contribution is -2.33. The summed E-state index contributed by atoms with van der Waals surface area (Å²) in [4.78, 5) is 22.3. The first-order valence-electron chi connectivity index (χ1n) is 5.99. The van der Waals surface area contributed by atoms with E-state index in [0.29, 0.717) is 16.9 Å². The van der Waals surface area contributed by atoms with Crippen LogP contribution < -0.4 is 0 Å². The van der Waals surface area contributed by atoms with Crippen LogP contribution in [0.15, 0.2) is 10.3 Å². The number of ether oxygens (including phenoxy) is 1. The number of aryl methyl sites for hydroxylation is 1. The fraction of sp³-hybridized carbons (Fsp3) is 0.500. The van der Waals surface area contributed by atoms with Crippen LogP contribution in [0.3, 0.4) is 0 Å². The van der Waals surface area contributed by atoms with Gasteiger partial charge in [-0.25, -0.2) is 13.2 Å². The predicted octanol–water partition coefficient (Wildman–Crippen LogP) is 1.18. The lowest BCUT2D eigenvalue weighted by molar-refractivity contribution is -0.144. The van der Waals surface area contributed by atoms with Gasteiger partial charge in [-0.05, 0) is 18.6 Å². The minimum atomic E-state index is -3.83. The third-order valence-corrected chi connectivity index (χ3v) is 6.39. The zero-order valence-electron chi connectivity index (χ0n) is 12.1. The summed E-state index contributed by atoms with van der Waals surface area (Å²) >= 11 is 0.699. The molecule has 0 aliphatic heterocycles. The van der Waals surface area contributed by atoms with Gasteiger partial charge in [-0.15, -0.1) is 11.3 Å². The van der Waals surface area contributed by atoms with Crippen LogP contribution in [0.4, 0.5) is 0 Å². The average molecular weight is 335 g/mol. The van der Waals surface area contributed by atoms with Gasteiger partial charge in [-0.1, -0.05) is 6.92 Å². The smallest absolute Gasteiger partial charge is 0.346 e. The Morgan fingerprint density at radius 3 is 2.48 bits per heavy atom. The Kier molecular flexibility index (Phi) is 5.48. The standard InChI is InChI=1S/C12H17NO6S2/c1-7-5-9(20-10(7)11(14)15)21(17,18)13(3)6-8(2)12(16)19-4/h5,8H,6H2,1-4H3,(H,14,15). The Bertz CT molecular complexity index is 649. The molecular formula is C12H17NO6S2. The molecule has 9 heteroatoms. The molecule has 7 nitrogen and oxygen atoms in total. The van der Waals surface area contributed by atoms with Crippen molar-refractivity contribution in [1.82, 2.24) is 4.31 Å². The first kappa shape index (κ1) is 17.6. The molecule has 0 radical (unpaired) electrons. The number of carboxylic acid groups (broad SMARTS) is 1. The van der Waals surface area contributed by atoms with Crippen molar-refractivity contribution in [2.45, 2.75) is 18.1 Å². The van der Waals surface area contributed by atoms with Crippen molar-refractivity contribution in [2.75, 3.05) is 20.7 Å². The number of aromatic carboxylic acids is 1. The van der Waals surface area contributed by atoms with Gasteiger partial charge in [0.2, 0.25) is 0 Å². The number of hydrogen-bond acceptors (Lipinski definition) is 6. The van der Waals surface area contributed by atoms with Crippen molar-refractivity contribution in [1.29, 1.82) is 0 Å². The molecule has 1 aromatic heterocycles. The molecule has 0 bridgehead atoms. The Hall–Kier alpha value is -1.45. The molecule has 0 fully saturated rings. The summed E-state index contributed by atoms with van der Waals surface area (Å²) in [6, 6.07) is 1.32. The number of methoxy groups -OCH3 is 1. The monoisotopic (exact) mass is 335 g/mol. The van der Waals surface area contributed by atoms with E-state index in [2.05, 4.69) is 4.74 Å². The lowest BCUT2D eigenvalue weighted by atomic mass is 10.2. The summed E-state index contributed by atoms with van der Waals surface area (Å²) in [6.45, 7) is 3.05. The van der Waals surface area contributed by atoms with E-state index in [9.17, 15) is 18.0 Å². The van der Waals surface area contributed by atoms with Crippen molar-refractivity contribution in [3.8, 4) is 0 Å². The van der Waals surface area contributed by atoms with E-state index in [1.165, 1.54) is 27.1 Å². The first-order chi connectivity index (χ1) is 9.61. The number of esters is 1. The van der Waals surface area contributed by atoms with Crippen molar-refractivity contribution in [3.05, 3.63) is 16.5 Å². The highest BCUT2D eigenvalue weighted by Gasteiger charge is 2.28. The van der Waals surface area contributed by atoms with Gasteiger partial charge >= 0.3 is 11.9 Å². The average Bonchev–Trinajstić information content (AvgIpc) is 2.80. The van der Waals surface area contributed by atoms with Crippen LogP contribution in [0.5, 0.6) is 0 Å². The third-order valence-electron chi connectivity index (χ3n) is 2.89. The summed E-state index contributed by atoms with van der Waals surface area (Å²) in [7, 11) is -1.26. The van der Waals surface area contributed by atoms with Gasteiger partial charge in [0.05, 0.1) is 13.0 Å². The predicted molar refractivity (Wildman–Crippen MR) is 77.0 cm³/mol. The Balaban J connectivity index is 3.03. The molecule has 118 valence electrons. The van der Waals surface area contributed by atoms with Crippen LogP contribution in [0.25, 0.3) is 0 Å². The van der Waals surface area contributed by atoms with Gasteiger partial charge in [0.25, 0.3) is 10.0 Å². The SMILES string of the molecule is COC(=O)C(C)CN(C)S(=O)(=O)c1cc(C)c(C(=O)O)s1. The maximum Gasteiger partial charge on any atom is 0.346 e. The molecule has 1 heterocycles. The zero-order valence-corrected chi connectivity index (χ0v) is 13.7. The number of carboxylic acids is 1. The highest BCUT2D eigenvalue weighted by Crippen LogP contribution is 2.28. The first-order valence-corrected chi connectivity index (χ1v) is 8.24. The lowest BCUT2D eigenvalue weighted by Gasteiger charge is -2.19. The van der Waals surface area contributed by atoms with Crippen molar-refractivity contribution >= 4 is 33.3 Å². The second-order valence-electron chi connectivity index (χ2n) is 4.59. The Labute approximate surface area is 127 Å². The highest BCUT2D eigenvalue weighted by molar-refractivity contribution is 7.91. The molecule has 1 N–H and O–H groups in total. The molecule has 0 aromatic carbocycles. The minimum Gasteiger partial charge on any atom is -0.477 e. The molecule has 0 spiro atoms. The molecule has 0 aliphatic rings. The Morgan fingerprint density at radius 1 is 1.48 bits per heavy atom. The molecule has 21 heavy (non-hydrogen) atoms. The minimum absolute atomic E-state index is 0.0111. The molecule has 1 atom stereocenters. The molecule has 0 aliphatic carbocycles. The van der Waals surface area contributed by atoms with Crippen molar-refractivity contribution in [2.24, 2.45) is 5.92 Å². The molecule has 0 saturated carbocycles. The van der Waals surface area contributed by atoms with Gasteiger partial charge in [0.15, 0.2) is 0 Å². The van der Waals surface area contributed by atoms with Gasteiger partial charge in [0, 0.05) is 13.6 Å². The van der Waals surface area contributed by atoms with E-state index in [-0.39, 0.29) is 15.6 Å². The largest absolute Gasteiger partial charge is 0.477 e. The number of carbonyl (C=O) groups excluding carboxylic acids is 1.